The summed E-state index contributed by atoms with van der Waals surface area (Å²) in [7, 11) is 0. The SMILES string of the molecule is O=C1CCCCC2c3ccccc3NC12. The van der Waals surface area contributed by atoms with Gasteiger partial charge in [0.1, 0.15) is 0 Å². The van der Waals surface area contributed by atoms with Crippen molar-refractivity contribution in [2.75, 3.05) is 5.32 Å². The van der Waals surface area contributed by atoms with Crippen LogP contribution in [0.4, 0.5) is 5.69 Å². The van der Waals surface area contributed by atoms with E-state index in [9.17, 15) is 4.79 Å². The van der Waals surface area contributed by atoms with Gasteiger partial charge in [-0.25, -0.2) is 0 Å². The molecule has 0 radical (unpaired) electrons. The Morgan fingerprint density at radius 2 is 2.07 bits per heavy atom. The third-order valence-electron chi connectivity index (χ3n) is 3.61. The molecule has 1 aromatic carbocycles. The third kappa shape index (κ3) is 1.36. The minimum Gasteiger partial charge on any atom is -0.375 e. The van der Waals surface area contributed by atoms with Crippen molar-refractivity contribution in [3.8, 4) is 0 Å². The minimum absolute atomic E-state index is 0.0601. The lowest BCUT2D eigenvalue weighted by atomic mass is 9.91. The zero-order valence-corrected chi connectivity index (χ0v) is 8.70. The summed E-state index contributed by atoms with van der Waals surface area (Å²) >= 11 is 0. The lowest BCUT2D eigenvalue weighted by Gasteiger charge is -2.15. The molecule has 2 nitrogen and oxygen atoms in total. The van der Waals surface area contributed by atoms with Gasteiger partial charge in [-0.05, 0) is 24.5 Å². The van der Waals surface area contributed by atoms with E-state index in [1.54, 1.807) is 0 Å². The average molecular weight is 201 g/mol. The third-order valence-corrected chi connectivity index (χ3v) is 3.61. The van der Waals surface area contributed by atoms with E-state index >= 15 is 0 Å². The molecule has 1 N–H and O–H groups in total. The lowest BCUT2D eigenvalue weighted by Crippen LogP contribution is -2.28. The maximum absolute atomic E-state index is 11.9. The fraction of sp³-hybridized carbons (Fsp3) is 0.462. The van der Waals surface area contributed by atoms with Gasteiger partial charge in [-0.2, -0.15) is 0 Å². The minimum atomic E-state index is 0.0601. The number of nitrogens with one attached hydrogen (secondary N) is 1. The number of carbonyl (C=O) groups excluding carboxylic acids is 1. The lowest BCUT2D eigenvalue weighted by molar-refractivity contribution is -0.119. The Balaban J connectivity index is 2.01. The molecule has 0 spiro atoms. The van der Waals surface area contributed by atoms with Crippen molar-refractivity contribution >= 4 is 11.5 Å². The summed E-state index contributed by atoms with van der Waals surface area (Å²) in [5.74, 6) is 0.824. The normalized spacial score (nSPS) is 28.9. The number of para-hydroxylation sites is 1. The second kappa shape index (κ2) is 3.37. The molecule has 2 atom stereocenters. The molecule has 2 unspecified atom stereocenters. The molecule has 2 heteroatoms. The first-order valence-electron chi connectivity index (χ1n) is 5.74. The van der Waals surface area contributed by atoms with Crippen LogP contribution >= 0.6 is 0 Å². The highest BCUT2D eigenvalue weighted by Crippen LogP contribution is 2.41. The number of benzene rings is 1. The Labute approximate surface area is 89.7 Å². The maximum Gasteiger partial charge on any atom is 0.155 e. The summed E-state index contributed by atoms with van der Waals surface area (Å²) in [4.78, 5) is 11.9. The highest BCUT2D eigenvalue weighted by atomic mass is 16.1. The van der Waals surface area contributed by atoms with E-state index in [0.29, 0.717) is 11.7 Å². The average Bonchev–Trinajstić information content (AvgIpc) is 2.54. The Morgan fingerprint density at radius 3 is 3.00 bits per heavy atom. The Morgan fingerprint density at radius 1 is 1.20 bits per heavy atom. The van der Waals surface area contributed by atoms with E-state index in [2.05, 4.69) is 23.5 Å². The van der Waals surface area contributed by atoms with Gasteiger partial charge in [-0.3, -0.25) is 4.79 Å². The second-order valence-electron chi connectivity index (χ2n) is 4.53. The summed E-state index contributed by atoms with van der Waals surface area (Å²) in [6.07, 6.45) is 4.15. The summed E-state index contributed by atoms with van der Waals surface area (Å²) in [6, 6.07) is 8.40. The zero-order chi connectivity index (χ0) is 10.3. The highest BCUT2D eigenvalue weighted by Gasteiger charge is 2.37. The van der Waals surface area contributed by atoms with Gasteiger partial charge in [0.15, 0.2) is 5.78 Å². The summed E-state index contributed by atoms with van der Waals surface area (Å²) in [5.41, 5.74) is 2.51. The van der Waals surface area contributed by atoms with Crippen LogP contribution in [-0.4, -0.2) is 11.8 Å². The summed E-state index contributed by atoms with van der Waals surface area (Å²) in [5, 5.41) is 3.38. The molecule has 3 rings (SSSR count). The molecule has 2 aliphatic rings. The fourth-order valence-electron chi connectivity index (χ4n) is 2.85. The van der Waals surface area contributed by atoms with E-state index in [-0.39, 0.29) is 6.04 Å². The van der Waals surface area contributed by atoms with Crippen LogP contribution in [0.3, 0.4) is 0 Å². The number of anilines is 1. The predicted octanol–water partition coefficient (Wildman–Crippen LogP) is 2.71. The van der Waals surface area contributed by atoms with E-state index in [4.69, 9.17) is 0 Å². The number of rotatable bonds is 0. The molecule has 0 saturated heterocycles. The molecule has 0 amide bonds. The van der Waals surface area contributed by atoms with Crippen molar-refractivity contribution in [2.24, 2.45) is 0 Å². The van der Waals surface area contributed by atoms with Crippen LogP contribution in [0.15, 0.2) is 24.3 Å². The molecule has 1 fully saturated rings. The van der Waals surface area contributed by atoms with Crippen molar-refractivity contribution in [1.29, 1.82) is 0 Å². The van der Waals surface area contributed by atoms with Crippen LogP contribution in [0.2, 0.25) is 0 Å². The number of fused-ring (bicyclic) bond motifs is 3. The number of hydrogen-bond acceptors (Lipinski definition) is 2. The van der Waals surface area contributed by atoms with Crippen LogP contribution in [0.1, 0.15) is 37.2 Å². The molecule has 1 aliphatic heterocycles. The first-order valence-corrected chi connectivity index (χ1v) is 5.74. The van der Waals surface area contributed by atoms with E-state index < -0.39 is 0 Å². The van der Waals surface area contributed by atoms with Gasteiger partial charge in [0, 0.05) is 18.0 Å². The monoisotopic (exact) mass is 201 g/mol. The molecule has 0 aromatic heterocycles. The zero-order valence-electron chi connectivity index (χ0n) is 8.70. The fourth-order valence-corrected chi connectivity index (χ4v) is 2.85. The molecule has 1 saturated carbocycles. The van der Waals surface area contributed by atoms with Crippen molar-refractivity contribution in [3.05, 3.63) is 29.8 Å². The van der Waals surface area contributed by atoms with E-state index in [1.165, 1.54) is 17.7 Å². The van der Waals surface area contributed by atoms with Gasteiger partial charge in [0.05, 0.1) is 6.04 Å². The standard InChI is InChI=1S/C13H15NO/c15-12-8-4-2-6-10-9-5-1-3-7-11(9)14-13(10)12/h1,3,5,7,10,13-14H,2,4,6,8H2. The number of ketones is 1. The van der Waals surface area contributed by atoms with Gasteiger partial charge in [0.25, 0.3) is 0 Å². The Bertz CT molecular complexity index is 399. The maximum atomic E-state index is 11.9. The van der Waals surface area contributed by atoms with Gasteiger partial charge >= 0.3 is 0 Å². The van der Waals surface area contributed by atoms with Crippen LogP contribution in [0.5, 0.6) is 0 Å². The van der Waals surface area contributed by atoms with E-state index in [0.717, 1.165) is 19.3 Å². The largest absolute Gasteiger partial charge is 0.375 e. The second-order valence-corrected chi connectivity index (χ2v) is 4.53. The molecular weight excluding hydrogens is 186 g/mol. The topological polar surface area (TPSA) is 29.1 Å². The van der Waals surface area contributed by atoms with Crippen LogP contribution in [-0.2, 0) is 4.79 Å². The Hall–Kier alpha value is -1.31. The molecule has 0 bridgehead atoms. The highest BCUT2D eigenvalue weighted by molar-refractivity contribution is 5.90. The van der Waals surface area contributed by atoms with Gasteiger partial charge in [0.2, 0.25) is 0 Å². The van der Waals surface area contributed by atoms with Crippen molar-refractivity contribution < 1.29 is 4.79 Å². The quantitative estimate of drug-likeness (QED) is 0.699. The van der Waals surface area contributed by atoms with Gasteiger partial charge in [-0.1, -0.05) is 24.6 Å². The summed E-state index contributed by atoms with van der Waals surface area (Å²) in [6.45, 7) is 0. The van der Waals surface area contributed by atoms with Crippen LogP contribution in [0.25, 0.3) is 0 Å². The summed E-state index contributed by atoms with van der Waals surface area (Å²) < 4.78 is 0. The molecule has 1 aliphatic carbocycles. The number of carbonyl (C=O) groups is 1. The van der Waals surface area contributed by atoms with Crippen LogP contribution < -0.4 is 5.32 Å². The molecule has 15 heavy (non-hydrogen) atoms. The molecular formula is C13H15NO. The van der Waals surface area contributed by atoms with E-state index in [1.807, 2.05) is 6.07 Å². The molecule has 1 aromatic rings. The smallest absolute Gasteiger partial charge is 0.155 e. The van der Waals surface area contributed by atoms with Crippen molar-refractivity contribution in [1.82, 2.24) is 0 Å². The van der Waals surface area contributed by atoms with Gasteiger partial charge in [-0.15, -0.1) is 0 Å². The Kier molecular flexibility index (Phi) is 2.01. The van der Waals surface area contributed by atoms with Crippen molar-refractivity contribution in [3.63, 3.8) is 0 Å². The first kappa shape index (κ1) is 8.96. The van der Waals surface area contributed by atoms with Crippen molar-refractivity contribution in [2.45, 2.75) is 37.6 Å². The first-order chi connectivity index (χ1) is 7.36. The molecule has 1 heterocycles. The predicted molar refractivity (Wildman–Crippen MR) is 60.1 cm³/mol. The van der Waals surface area contributed by atoms with Gasteiger partial charge < -0.3 is 5.32 Å². The molecule has 78 valence electrons. The number of Topliss-reactive ketones (excluding diaryl/α,β-unsaturated/α-hetero) is 1. The van der Waals surface area contributed by atoms with Crippen LogP contribution in [0, 0.1) is 0 Å². The number of hydrogen-bond donors (Lipinski definition) is 1.